The quantitative estimate of drug-likeness (QED) is 0.530. The molecule has 0 heterocycles. The molecule has 1 nitrogen and oxygen atoms in total. The van der Waals surface area contributed by atoms with Gasteiger partial charge >= 0.3 is 10.5 Å². The van der Waals surface area contributed by atoms with Crippen LogP contribution in [0.1, 0.15) is 5.56 Å². The second-order valence-corrected chi connectivity index (χ2v) is 2.07. The molecule has 0 saturated heterocycles. The summed E-state index contributed by atoms with van der Waals surface area (Å²) in [6, 6.07) is 7.81. The molecule has 3 radical (unpaired) electrons. The molecule has 9 heavy (non-hydrogen) atoms. The molecule has 0 aliphatic carbocycles. The van der Waals surface area contributed by atoms with E-state index in [4.69, 9.17) is 4.43 Å². The Morgan fingerprint density at radius 2 is 2.00 bits per heavy atom. The molecule has 0 N–H and O–H groups in total. The third-order valence-corrected chi connectivity index (χ3v) is 1.42. The fourth-order valence-electron chi connectivity index (χ4n) is 0.671. The zero-order valence-corrected chi connectivity index (χ0v) is 6.22. The van der Waals surface area contributed by atoms with Crippen molar-refractivity contribution in [3.8, 4) is 5.75 Å². The highest BCUT2D eigenvalue weighted by Crippen LogP contribution is 2.14. The lowest BCUT2D eigenvalue weighted by molar-refractivity contribution is 0.610. The molecule has 0 bridgehead atoms. The van der Waals surface area contributed by atoms with Gasteiger partial charge in [0.05, 0.1) is 0 Å². The summed E-state index contributed by atoms with van der Waals surface area (Å²) in [5, 5.41) is 0. The van der Waals surface area contributed by atoms with Crippen molar-refractivity contribution < 1.29 is 4.43 Å². The van der Waals surface area contributed by atoms with Crippen molar-refractivity contribution in [2.45, 2.75) is 6.92 Å². The van der Waals surface area contributed by atoms with Crippen LogP contribution in [0.3, 0.4) is 0 Å². The normalized spacial score (nSPS) is 9.11. The number of aryl methyl sites for hydroxylation is 1. The average Bonchev–Trinajstić information content (AvgIpc) is 1.89. The fourth-order valence-corrected chi connectivity index (χ4v) is 0.900. The molecule has 0 fully saturated rings. The van der Waals surface area contributed by atoms with Crippen LogP contribution in [0.4, 0.5) is 0 Å². The highest BCUT2D eigenvalue weighted by atomic mass is 28.2. The van der Waals surface area contributed by atoms with Gasteiger partial charge in [-0.15, -0.1) is 0 Å². The van der Waals surface area contributed by atoms with Gasteiger partial charge < -0.3 is 4.43 Å². The van der Waals surface area contributed by atoms with Crippen LogP contribution in [0.15, 0.2) is 24.3 Å². The Hall–Kier alpha value is -0.763. The van der Waals surface area contributed by atoms with Gasteiger partial charge in [0.1, 0.15) is 5.75 Å². The Labute approximate surface area is 58.2 Å². The Kier molecular flexibility index (Phi) is 1.90. The Morgan fingerprint density at radius 3 is 2.44 bits per heavy atom. The van der Waals surface area contributed by atoms with Crippen LogP contribution in [-0.4, -0.2) is 10.5 Å². The van der Waals surface area contributed by atoms with Gasteiger partial charge in [0.25, 0.3) is 0 Å². The Morgan fingerprint density at radius 1 is 1.33 bits per heavy atom. The molecule has 1 aromatic carbocycles. The first-order valence-electron chi connectivity index (χ1n) is 2.74. The third-order valence-electron chi connectivity index (χ3n) is 1.20. The SMILES string of the molecule is Cc1ccccc1O[Si]. The second kappa shape index (κ2) is 2.69. The zero-order chi connectivity index (χ0) is 6.69. The van der Waals surface area contributed by atoms with Gasteiger partial charge in [0, 0.05) is 0 Å². The molecule has 0 saturated carbocycles. The van der Waals surface area contributed by atoms with Crippen LogP contribution >= 0.6 is 0 Å². The molecule has 1 rings (SSSR count). The molecular weight excluding hydrogens is 128 g/mol. The molecule has 0 unspecified atom stereocenters. The lowest BCUT2D eigenvalue weighted by Crippen LogP contribution is -1.86. The highest BCUT2D eigenvalue weighted by molar-refractivity contribution is 6.00. The van der Waals surface area contributed by atoms with Gasteiger partial charge in [-0.1, -0.05) is 18.2 Å². The van der Waals surface area contributed by atoms with E-state index in [9.17, 15) is 0 Å². The molecule has 0 atom stereocenters. The number of benzene rings is 1. The molecule has 0 aromatic heterocycles. The topological polar surface area (TPSA) is 9.23 Å². The second-order valence-electron chi connectivity index (χ2n) is 1.87. The third kappa shape index (κ3) is 1.33. The minimum atomic E-state index is 0.870. The lowest BCUT2D eigenvalue weighted by atomic mass is 10.2. The van der Waals surface area contributed by atoms with E-state index < -0.39 is 0 Å². The number of hydrogen-bond acceptors (Lipinski definition) is 1. The van der Waals surface area contributed by atoms with Crippen LogP contribution in [0, 0.1) is 6.92 Å². The van der Waals surface area contributed by atoms with Gasteiger partial charge in [0.15, 0.2) is 0 Å². The van der Waals surface area contributed by atoms with Crippen LogP contribution in [-0.2, 0) is 0 Å². The van der Waals surface area contributed by atoms with Crippen molar-refractivity contribution in [2.75, 3.05) is 0 Å². The van der Waals surface area contributed by atoms with Gasteiger partial charge in [-0.2, -0.15) is 0 Å². The van der Waals surface area contributed by atoms with E-state index in [1.54, 1.807) is 0 Å². The summed E-state index contributed by atoms with van der Waals surface area (Å²) in [6.45, 7) is 2.00. The molecule has 0 spiro atoms. The minimum Gasteiger partial charge on any atom is -0.540 e. The molecule has 0 aliphatic heterocycles. The van der Waals surface area contributed by atoms with Crippen molar-refractivity contribution in [3.63, 3.8) is 0 Å². The molecule has 0 amide bonds. The summed E-state index contributed by atoms with van der Waals surface area (Å²) in [5.74, 6) is 0.870. The minimum absolute atomic E-state index is 0.870. The van der Waals surface area contributed by atoms with Crippen molar-refractivity contribution in [3.05, 3.63) is 29.8 Å². The first kappa shape index (κ1) is 6.36. The van der Waals surface area contributed by atoms with Crippen molar-refractivity contribution >= 4 is 10.5 Å². The number of hydrogen-bond donors (Lipinski definition) is 0. The van der Waals surface area contributed by atoms with Crippen LogP contribution < -0.4 is 4.43 Å². The maximum Gasteiger partial charge on any atom is 0.341 e. The smallest absolute Gasteiger partial charge is 0.341 e. The van der Waals surface area contributed by atoms with Crippen LogP contribution in [0.2, 0.25) is 0 Å². The van der Waals surface area contributed by atoms with E-state index in [1.165, 1.54) is 0 Å². The van der Waals surface area contributed by atoms with E-state index in [1.807, 2.05) is 31.2 Å². The first-order valence-corrected chi connectivity index (χ1v) is 3.14. The summed E-state index contributed by atoms with van der Waals surface area (Å²) in [4.78, 5) is 0. The summed E-state index contributed by atoms with van der Waals surface area (Å²) in [6.07, 6.45) is 0. The first-order chi connectivity index (χ1) is 4.34. The van der Waals surface area contributed by atoms with E-state index in [0.717, 1.165) is 11.3 Å². The Bertz CT molecular complexity index is 198. The highest BCUT2D eigenvalue weighted by Gasteiger charge is 1.90. The average molecular weight is 135 g/mol. The van der Waals surface area contributed by atoms with E-state index >= 15 is 0 Å². The predicted octanol–water partition coefficient (Wildman–Crippen LogP) is 1.46. The molecule has 0 aliphatic rings. The van der Waals surface area contributed by atoms with E-state index in [2.05, 4.69) is 10.5 Å². The zero-order valence-electron chi connectivity index (χ0n) is 5.22. The van der Waals surface area contributed by atoms with Crippen LogP contribution in [0.25, 0.3) is 0 Å². The number of para-hydroxylation sites is 1. The van der Waals surface area contributed by atoms with Crippen molar-refractivity contribution in [1.82, 2.24) is 0 Å². The Balaban J connectivity index is 3.01. The van der Waals surface area contributed by atoms with Gasteiger partial charge in [0.2, 0.25) is 0 Å². The van der Waals surface area contributed by atoms with Gasteiger partial charge in [-0.3, -0.25) is 0 Å². The predicted molar refractivity (Wildman–Crippen MR) is 37.6 cm³/mol. The monoisotopic (exact) mass is 135 g/mol. The lowest BCUT2D eigenvalue weighted by Gasteiger charge is -2.00. The van der Waals surface area contributed by atoms with Gasteiger partial charge in [-0.05, 0) is 18.6 Å². The number of rotatable bonds is 1. The molecule has 1 aromatic rings. The maximum absolute atomic E-state index is 4.85. The standard InChI is InChI=1S/C7H7OSi/c1-6-4-2-3-5-7(6)8-9/h2-5H,1H3. The fraction of sp³-hybridized carbons (Fsp3) is 0.143. The van der Waals surface area contributed by atoms with Crippen molar-refractivity contribution in [1.29, 1.82) is 0 Å². The van der Waals surface area contributed by atoms with Gasteiger partial charge in [-0.25, -0.2) is 0 Å². The largest absolute Gasteiger partial charge is 0.540 e. The molecule has 2 heteroatoms. The van der Waals surface area contributed by atoms with E-state index in [0.29, 0.717) is 0 Å². The molecular formula is C7H7OSi. The summed E-state index contributed by atoms with van der Waals surface area (Å²) < 4.78 is 4.85. The maximum atomic E-state index is 4.85. The summed E-state index contributed by atoms with van der Waals surface area (Å²) in [5.41, 5.74) is 1.13. The summed E-state index contributed by atoms with van der Waals surface area (Å²) >= 11 is 0. The van der Waals surface area contributed by atoms with E-state index in [-0.39, 0.29) is 0 Å². The summed E-state index contributed by atoms with van der Waals surface area (Å²) in [7, 11) is 2.95. The molecule has 45 valence electrons. The van der Waals surface area contributed by atoms with Crippen molar-refractivity contribution in [2.24, 2.45) is 0 Å². The van der Waals surface area contributed by atoms with Crippen LogP contribution in [0.5, 0.6) is 5.75 Å².